The molecule has 3 rings (SSSR count). The molecule has 1 N–H and O–H groups in total. The topological polar surface area (TPSA) is 37.8 Å². The van der Waals surface area contributed by atoms with E-state index in [1.807, 2.05) is 23.7 Å². The fourth-order valence-electron chi connectivity index (χ4n) is 1.66. The zero-order valence-corrected chi connectivity index (χ0v) is 12.8. The van der Waals surface area contributed by atoms with Gasteiger partial charge in [0.1, 0.15) is 5.01 Å². The zero-order chi connectivity index (χ0) is 12.5. The molecule has 0 saturated carbocycles. The number of aromatic nitrogens is 2. The second-order valence-electron chi connectivity index (χ2n) is 3.87. The van der Waals surface area contributed by atoms with E-state index in [1.165, 1.54) is 4.70 Å². The van der Waals surface area contributed by atoms with Crippen LogP contribution in [-0.4, -0.2) is 9.97 Å². The highest BCUT2D eigenvalue weighted by Gasteiger charge is 2.11. The molecule has 92 valence electrons. The molecular weight excluding hydrogens is 330 g/mol. The summed E-state index contributed by atoms with van der Waals surface area (Å²) in [4.78, 5) is 8.87. The van der Waals surface area contributed by atoms with Crippen molar-refractivity contribution in [3.05, 3.63) is 39.3 Å². The van der Waals surface area contributed by atoms with Gasteiger partial charge in [-0.25, -0.2) is 9.97 Å². The molecule has 0 radical (unpaired) electrons. The number of nitrogens with zero attached hydrogens (tertiary/aromatic N) is 2. The Kier molecular flexibility index (Phi) is 3.32. The van der Waals surface area contributed by atoms with Crippen molar-refractivity contribution in [1.82, 2.24) is 9.97 Å². The summed E-state index contributed by atoms with van der Waals surface area (Å²) in [6, 6.07) is 6.31. The first-order chi connectivity index (χ1) is 8.72. The standard InChI is InChI=1S/C12H10BrN3S2/c1-7(11-14-4-5-17-11)15-12-16-9-3-2-8(13)6-10(9)18-12/h2-7H,1H3,(H,15,16). The minimum absolute atomic E-state index is 0.189. The van der Waals surface area contributed by atoms with E-state index >= 15 is 0 Å². The fraction of sp³-hybridized carbons (Fsp3) is 0.167. The lowest BCUT2D eigenvalue weighted by Gasteiger charge is -2.08. The first-order valence-electron chi connectivity index (χ1n) is 5.44. The van der Waals surface area contributed by atoms with Gasteiger partial charge in [0.15, 0.2) is 5.13 Å². The maximum absolute atomic E-state index is 4.57. The Labute approximate surface area is 121 Å². The van der Waals surface area contributed by atoms with Crippen molar-refractivity contribution in [3.63, 3.8) is 0 Å². The highest BCUT2D eigenvalue weighted by Crippen LogP contribution is 2.30. The molecule has 18 heavy (non-hydrogen) atoms. The van der Waals surface area contributed by atoms with Crippen LogP contribution in [-0.2, 0) is 0 Å². The van der Waals surface area contributed by atoms with E-state index in [1.54, 1.807) is 22.7 Å². The summed E-state index contributed by atoms with van der Waals surface area (Å²) in [5.74, 6) is 0. The minimum Gasteiger partial charge on any atom is -0.353 e. The normalized spacial score (nSPS) is 12.8. The summed E-state index contributed by atoms with van der Waals surface area (Å²) in [5.41, 5.74) is 1.03. The molecule has 3 nitrogen and oxygen atoms in total. The minimum atomic E-state index is 0.189. The first-order valence-corrected chi connectivity index (χ1v) is 7.93. The average Bonchev–Trinajstić information content (AvgIpc) is 2.95. The summed E-state index contributed by atoms with van der Waals surface area (Å²) >= 11 is 6.79. The Bertz CT molecular complexity index is 663. The highest BCUT2D eigenvalue weighted by atomic mass is 79.9. The Morgan fingerprint density at radius 1 is 1.39 bits per heavy atom. The lowest BCUT2D eigenvalue weighted by molar-refractivity contribution is 0.868. The van der Waals surface area contributed by atoms with E-state index in [-0.39, 0.29) is 6.04 Å². The summed E-state index contributed by atoms with van der Waals surface area (Å²) in [5, 5.41) is 7.40. The number of rotatable bonds is 3. The molecule has 1 unspecified atom stereocenters. The van der Waals surface area contributed by atoms with Crippen molar-refractivity contribution < 1.29 is 0 Å². The lowest BCUT2D eigenvalue weighted by atomic mass is 10.3. The molecule has 1 atom stereocenters. The number of thiazole rings is 2. The Hall–Kier alpha value is -0.980. The van der Waals surface area contributed by atoms with Gasteiger partial charge in [-0.15, -0.1) is 11.3 Å². The van der Waals surface area contributed by atoms with Gasteiger partial charge in [-0.2, -0.15) is 0 Å². The third-order valence-corrected chi connectivity index (χ3v) is 4.91. The smallest absolute Gasteiger partial charge is 0.184 e. The van der Waals surface area contributed by atoms with E-state index < -0.39 is 0 Å². The van der Waals surface area contributed by atoms with Crippen molar-refractivity contribution in [2.45, 2.75) is 13.0 Å². The van der Waals surface area contributed by atoms with Gasteiger partial charge in [-0.1, -0.05) is 27.3 Å². The molecule has 2 heterocycles. The van der Waals surface area contributed by atoms with E-state index in [9.17, 15) is 0 Å². The molecule has 3 aromatic rings. The van der Waals surface area contributed by atoms with Gasteiger partial charge in [0.2, 0.25) is 0 Å². The molecule has 0 fully saturated rings. The predicted molar refractivity (Wildman–Crippen MR) is 81.5 cm³/mol. The molecule has 0 aliphatic carbocycles. The molecule has 6 heteroatoms. The molecule has 1 aromatic carbocycles. The molecule has 0 bridgehead atoms. The monoisotopic (exact) mass is 339 g/mol. The molecule has 0 saturated heterocycles. The quantitative estimate of drug-likeness (QED) is 0.752. The van der Waals surface area contributed by atoms with Gasteiger partial charge in [-0.05, 0) is 25.1 Å². The number of fused-ring (bicyclic) bond motifs is 1. The van der Waals surface area contributed by atoms with Crippen LogP contribution < -0.4 is 5.32 Å². The van der Waals surface area contributed by atoms with E-state index in [0.29, 0.717) is 0 Å². The summed E-state index contributed by atoms with van der Waals surface area (Å²) in [6.07, 6.45) is 1.83. The maximum atomic E-state index is 4.57. The highest BCUT2D eigenvalue weighted by molar-refractivity contribution is 9.10. The number of hydrogen-bond donors (Lipinski definition) is 1. The third-order valence-electron chi connectivity index (χ3n) is 2.51. The number of anilines is 1. The van der Waals surface area contributed by atoms with Gasteiger partial charge < -0.3 is 5.32 Å². The molecule has 0 aliphatic heterocycles. The zero-order valence-electron chi connectivity index (χ0n) is 9.55. The van der Waals surface area contributed by atoms with Crippen LogP contribution in [0.2, 0.25) is 0 Å². The van der Waals surface area contributed by atoms with Crippen molar-refractivity contribution in [1.29, 1.82) is 0 Å². The van der Waals surface area contributed by atoms with E-state index in [0.717, 1.165) is 20.1 Å². The van der Waals surface area contributed by atoms with Crippen LogP contribution >= 0.6 is 38.6 Å². The Balaban J connectivity index is 1.86. The average molecular weight is 340 g/mol. The lowest BCUT2D eigenvalue weighted by Crippen LogP contribution is -2.05. The number of hydrogen-bond acceptors (Lipinski definition) is 5. The van der Waals surface area contributed by atoms with Crippen LogP contribution in [0.25, 0.3) is 10.2 Å². The molecule has 2 aromatic heterocycles. The second kappa shape index (κ2) is 4.95. The molecule has 0 aliphatic rings. The van der Waals surface area contributed by atoms with Crippen LogP contribution in [0.5, 0.6) is 0 Å². The first kappa shape index (κ1) is 12.1. The van der Waals surface area contributed by atoms with Crippen LogP contribution in [0.3, 0.4) is 0 Å². The summed E-state index contributed by atoms with van der Waals surface area (Å²) < 4.78 is 2.26. The second-order valence-corrected chi connectivity index (χ2v) is 6.74. The van der Waals surface area contributed by atoms with Crippen LogP contribution in [0.4, 0.5) is 5.13 Å². The predicted octanol–water partition coefficient (Wildman–Crippen LogP) is 4.69. The fourth-order valence-corrected chi connectivity index (χ4v) is 3.81. The van der Waals surface area contributed by atoms with Crippen LogP contribution in [0.15, 0.2) is 34.2 Å². The Morgan fingerprint density at radius 3 is 3.06 bits per heavy atom. The number of nitrogens with one attached hydrogen (secondary N) is 1. The van der Waals surface area contributed by atoms with Gasteiger partial charge in [-0.3, -0.25) is 0 Å². The molecule has 0 amide bonds. The molecule has 0 spiro atoms. The van der Waals surface area contributed by atoms with E-state index in [2.05, 4.69) is 44.2 Å². The number of benzene rings is 1. The van der Waals surface area contributed by atoms with Crippen molar-refractivity contribution in [2.75, 3.05) is 5.32 Å². The van der Waals surface area contributed by atoms with Crippen molar-refractivity contribution >= 4 is 54.0 Å². The largest absolute Gasteiger partial charge is 0.353 e. The van der Waals surface area contributed by atoms with Crippen LogP contribution in [0.1, 0.15) is 18.0 Å². The van der Waals surface area contributed by atoms with E-state index in [4.69, 9.17) is 0 Å². The Morgan fingerprint density at radius 2 is 2.28 bits per heavy atom. The molecular formula is C12H10BrN3S2. The van der Waals surface area contributed by atoms with Crippen molar-refractivity contribution in [3.8, 4) is 0 Å². The van der Waals surface area contributed by atoms with Gasteiger partial charge in [0.05, 0.1) is 16.3 Å². The SMILES string of the molecule is CC(Nc1nc2ccc(Br)cc2s1)c1nccs1. The summed E-state index contributed by atoms with van der Waals surface area (Å²) in [7, 11) is 0. The van der Waals surface area contributed by atoms with Gasteiger partial charge >= 0.3 is 0 Å². The third kappa shape index (κ3) is 2.41. The van der Waals surface area contributed by atoms with Gasteiger partial charge in [0.25, 0.3) is 0 Å². The van der Waals surface area contributed by atoms with Crippen molar-refractivity contribution in [2.24, 2.45) is 0 Å². The maximum Gasteiger partial charge on any atom is 0.184 e. The van der Waals surface area contributed by atoms with Crippen LogP contribution in [0, 0.1) is 0 Å². The number of halogens is 1. The van der Waals surface area contributed by atoms with Gasteiger partial charge in [0, 0.05) is 16.0 Å². The summed E-state index contributed by atoms with van der Waals surface area (Å²) in [6.45, 7) is 2.10.